The van der Waals surface area contributed by atoms with E-state index in [0.717, 1.165) is 0 Å². The van der Waals surface area contributed by atoms with Gasteiger partial charge in [0.05, 0.1) is 25.4 Å². The topological polar surface area (TPSA) is 174 Å². The molecule has 112 valence electrons. The minimum atomic E-state index is -5.05. The van der Waals surface area contributed by atoms with Gasteiger partial charge < -0.3 is 34.5 Å². The molecule has 0 aromatic carbocycles. The Morgan fingerprint density at radius 3 is 1.61 bits per heavy atom. The number of ether oxygens (including phenoxy) is 1. The van der Waals surface area contributed by atoms with Crippen molar-refractivity contribution in [3.05, 3.63) is 0 Å². The molecule has 2 atom stereocenters. The molecule has 0 aromatic rings. The fourth-order valence-corrected chi connectivity index (χ4v) is 1.60. The molecule has 0 bridgehead atoms. The van der Waals surface area contributed by atoms with Crippen molar-refractivity contribution < 1.29 is 48.0 Å². The lowest BCUT2D eigenvalue weighted by molar-refractivity contribution is -0.0177. The average Bonchev–Trinajstić information content (AvgIpc) is 2.09. The van der Waals surface area contributed by atoms with E-state index in [1.165, 1.54) is 0 Å². The van der Waals surface area contributed by atoms with Crippen LogP contribution in [0.2, 0.25) is 0 Å². The molecule has 0 aliphatic carbocycles. The van der Waals surface area contributed by atoms with Gasteiger partial charge in [-0.1, -0.05) is 0 Å². The highest BCUT2D eigenvalue weighted by Gasteiger charge is 2.27. The SMILES string of the molecule is CC(O)COC(C)CO.O=P(O)(O)OP(=O)(O)O. The van der Waals surface area contributed by atoms with Gasteiger partial charge in [0.1, 0.15) is 0 Å². The van der Waals surface area contributed by atoms with Crippen LogP contribution in [-0.4, -0.2) is 55.2 Å². The van der Waals surface area contributed by atoms with Crippen LogP contribution < -0.4 is 0 Å². The number of hydrogen-bond donors (Lipinski definition) is 6. The van der Waals surface area contributed by atoms with Gasteiger partial charge in [-0.05, 0) is 13.8 Å². The van der Waals surface area contributed by atoms with Crippen LogP contribution in [0.25, 0.3) is 0 Å². The molecular weight excluding hydrogens is 294 g/mol. The van der Waals surface area contributed by atoms with Crippen LogP contribution >= 0.6 is 15.6 Å². The van der Waals surface area contributed by atoms with E-state index in [1.807, 2.05) is 0 Å². The van der Waals surface area contributed by atoms with Crippen LogP contribution in [0.1, 0.15) is 13.8 Å². The van der Waals surface area contributed by atoms with Gasteiger partial charge in [-0.3, -0.25) is 0 Å². The maximum atomic E-state index is 9.63. The number of rotatable bonds is 6. The first-order chi connectivity index (χ1) is 7.87. The minimum Gasteiger partial charge on any atom is -0.394 e. The van der Waals surface area contributed by atoms with Crippen LogP contribution in [0.15, 0.2) is 0 Å². The summed E-state index contributed by atoms with van der Waals surface area (Å²) in [6, 6.07) is 0. The molecular formula is C6H18O10P2. The Balaban J connectivity index is 0. The van der Waals surface area contributed by atoms with Crippen molar-refractivity contribution >= 4 is 15.6 Å². The summed E-state index contributed by atoms with van der Waals surface area (Å²) in [7, 11) is -10.1. The fraction of sp³-hybridized carbons (Fsp3) is 1.00. The zero-order valence-electron chi connectivity index (χ0n) is 9.78. The fourth-order valence-electron chi connectivity index (χ4n) is 0.495. The Hall–Kier alpha value is 0.140. The third-order valence-corrected chi connectivity index (χ3v) is 2.79. The van der Waals surface area contributed by atoms with E-state index < -0.39 is 21.7 Å². The third kappa shape index (κ3) is 21.4. The van der Waals surface area contributed by atoms with Crippen LogP contribution in [0.4, 0.5) is 0 Å². The van der Waals surface area contributed by atoms with E-state index in [-0.39, 0.29) is 12.7 Å². The van der Waals surface area contributed by atoms with Gasteiger partial charge in [-0.2, -0.15) is 4.31 Å². The normalized spacial score (nSPS) is 15.6. The van der Waals surface area contributed by atoms with Crippen molar-refractivity contribution in [1.29, 1.82) is 0 Å². The molecule has 0 aliphatic heterocycles. The second-order valence-corrected chi connectivity index (χ2v) is 5.85. The van der Waals surface area contributed by atoms with Crippen LogP contribution in [0.5, 0.6) is 0 Å². The van der Waals surface area contributed by atoms with Gasteiger partial charge in [0.2, 0.25) is 0 Å². The minimum absolute atomic E-state index is 0.00667. The van der Waals surface area contributed by atoms with E-state index in [4.69, 9.17) is 34.5 Å². The molecule has 0 amide bonds. The number of aliphatic hydroxyl groups is 2. The standard InChI is InChI=1S/C6H14O3.H4O7P2/c1-5(8)4-9-6(2)3-7;1-8(2,3)7-9(4,5)6/h5-8H,3-4H2,1-2H3;(H2,1,2,3)(H2,4,5,6). The molecule has 0 heterocycles. The zero-order chi connectivity index (χ0) is 15.0. The van der Waals surface area contributed by atoms with Crippen LogP contribution in [0, 0.1) is 0 Å². The predicted octanol–water partition coefficient (Wildman–Crippen LogP) is -1.05. The number of aliphatic hydroxyl groups excluding tert-OH is 2. The third-order valence-electron chi connectivity index (χ3n) is 1.09. The summed E-state index contributed by atoms with van der Waals surface area (Å²) in [5.41, 5.74) is 0. The van der Waals surface area contributed by atoms with Crippen molar-refractivity contribution in [3.8, 4) is 0 Å². The molecule has 6 N–H and O–H groups in total. The monoisotopic (exact) mass is 312 g/mol. The molecule has 0 saturated carbocycles. The zero-order valence-corrected chi connectivity index (χ0v) is 11.6. The molecule has 0 fully saturated rings. The maximum Gasteiger partial charge on any atom is 0.478 e. The summed E-state index contributed by atoms with van der Waals surface area (Å²) < 4.78 is 27.2. The largest absolute Gasteiger partial charge is 0.478 e. The second-order valence-electron chi connectivity index (χ2n) is 3.24. The molecule has 0 rings (SSSR count). The molecule has 0 radical (unpaired) electrons. The molecule has 0 aromatic heterocycles. The Morgan fingerprint density at radius 1 is 1.06 bits per heavy atom. The summed E-state index contributed by atoms with van der Waals surface area (Å²) in [5, 5.41) is 17.1. The van der Waals surface area contributed by atoms with E-state index in [9.17, 15) is 9.13 Å². The lowest BCUT2D eigenvalue weighted by Gasteiger charge is -2.10. The van der Waals surface area contributed by atoms with E-state index in [2.05, 4.69) is 4.31 Å². The molecule has 0 saturated heterocycles. The first kappa shape index (κ1) is 20.5. The van der Waals surface area contributed by atoms with Gasteiger partial charge in [-0.25, -0.2) is 9.13 Å². The quantitative estimate of drug-likeness (QED) is 0.332. The highest BCUT2D eigenvalue weighted by atomic mass is 31.3. The Labute approximate surface area is 104 Å². The molecule has 18 heavy (non-hydrogen) atoms. The first-order valence-corrected chi connectivity index (χ1v) is 7.66. The van der Waals surface area contributed by atoms with Crippen molar-refractivity contribution in [1.82, 2.24) is 0 Å². The Bertz CT molecular complexity index is 273. The van der Waals surface area contributed by atoms with E-state index >= 15 is 0 Å². The second kappa shape index (κ2) is 9.11. The van der Waals surface area contributed by atoms with Crippen molar-refractivity contribution in [2.24, 2.45) is 0 Å². The highest BCUT2D eigenvalue weighted by molar-refractivity contribution is 7.60. The molecule has 0 spiro atoms. The highest BCUT2D eigenvalue weighted by Crippen LogP contribution is 2.53. The van der Waals surface area contributed by atoms with Gasteiger partial charge in [0.15, 0.2) is 0 Å². The van der Waals surface area contributed by atoms with Crippen molar-refractivity contribution in [2.45, 2.75) is 26.1 Å². The Kier molecular flexibility index (Phi) is 10.4. The summed E-state index contributed by atoms with van der Waals surface area (Å²) in [4.78, 5) is 31.0. The lowest BCUT2D eigenvalue weighted by Crippen LogP contribution is -2.19. The summed E-state index contributed by atoms with van der Waals surface area (Å²) in [6.07, 6.45) is -0.612. The summed E-state index contributed by atoms with van der Waals surface area (Å²) >= 11 is 0. The Morgan fingerprint density at radius 2 is 1.44 bits per heavy atom. The first-order valence-electron chi connectivity index (χ1n) is 4.60. The van der Waals surface area contributed by atoms with Gasteiger partial charge in [0.25, 0.3) is 0 Å². The van der Waals surface area contributed by atoms with Gasteiger partial charge >= 0.3 is 15.6 Å². The average molecular weight is 312 g/mol. The van der Waals surface area contributed by atoms with Crippen molar-refractivity contribution in [3.63, 3.8) is 0 Å². The van der Waals surface area contributed by atoms with Gasteiger partial charge in [-0.15, -0.1) is 0 Å². The molecule has 12 heteroatoms. The summed E-state index contributed by atoms with van der Waals surface area (Å²) in [5.74, 6) is 0. The predicted molar refractivity (Wildman–Crippen MR) is 59.4 cm³/mol. The smallest absolute Gasteiger partial charge is 0.394 e. The maximum absolute atomic E-state index is 9.63. The number of phosphoric acid groups is 2. The van der Waals surface area contributed by atoms with Crippen LogP contribution in [-0.2, 0) is 18.2 Å². The number of hydrogen-bond acceptors (Lipinski definition) is 6. The lowest BCUT2D eigenvalue weighted by atomic mass is 10.4. The molecule has 2 unspecified atom stereocenters. The van der Waals surface area contributed by atoms with Gasteiger partial charge in [0, 0.05) is 0 Å². The molecule has 10 nitrogen and oxygen atoms in total. The van der Waals surface area contributed by atoms with Crippen molar-refractivity contribution in [2.75, 3.05) is 13.2 Å². The van der Waals surface area contributed by atoms with E-state index in [1.54, 1.807) is 13.8 Å². The summed E-state index contributed by atoms with van der Waals surface area (Å²) in [6.45, 7) is 3.70. The van der Waals surface area contributed by atoms with E-state index in [0.29, 0.717) is 6.61 Å². The molecule has 0 aliphatic rings. The van der Waals surface area contributed by atoms with Crippen LogP contribution in [0.3, 0.4) is 0 Å².